The highest BCUT2D eigenvalue weighted by molar-refractivity contribution is 7.92. The van der Waals surface area contributed by atoms with Crippen molar-refractivity contribution in [1.29, 1.82) is 0 Å². The number of hydrogen-bond donors (Lipinski definition) is 1. The summed E-state index contributed by atoms with van der Waals surface area (Å²) in [6.45, 7) is 1.58. The van der Waals surface area contributed by atoms with Gasteiger partial charge in [-0.1, -0.05) is 25.1 Å². The lowest BCUT2D eigenvalue weighted by atomic mass is 10.0. The van der Waals surface area contributed by atoms with Crippen LogP contribution in [0.1, 0.15) is 6.92 Å². The molecule has 222 valence electrons. The molecule has 2 heterocycles. The maximum atomic E-state index is 14.4. The third-order valence-electron chi connectivity index (χ3n) is 6.98. The smallest absolute Gasteiger partial charge is 0.267 e. The fourth-order valence-electron chi connectivity index (χ4n) is 4.55. The monoisotopic (exact) mass is 624 g/mol. The highest BCUT2D eigenvalue weighted by Crippen LogP contribution is 2.36. The SMILES string of the molecule is CCS(=O)(=O)c1ccc(-c2cc3cc(-c4cnc(OC)c(N(C)S(=O)(=O)c5ccc(F)cc5F)c4)ccc3nc2N)cc1. The van der Waals surface area contributed by atoms with Crippen molar-refractivity contribution in [2.45, 2.75) is 16.7 Å². The Balaban J connectivity index is 1.56. The molecule has 0 atom stereocenters. The number of halogens is 2. The number of nitrogens with two attached hydrogens (primary N) is 1. The zero-order valence-corrected chi connectivity index (χ0v) is 24.9. The predicted molar refractivity (Wildman–Crippen MR) is 161 cm³/mol. The van der Waals surface area contributed by atoms with Gasteiger partial charge in [-0.2, -0.15) is 0 Å². The summed E-state index contributed by atoms with van der Waals surface area (Å²) < 4.78 is 85.0. The summed E-state index contributed by atoms with van der Waals surface area (Å²) in [5.41, 5.74) is 9.34. The van der Waals surface area contributed by atoms with Crippen LogP contribution in [0.4, 0.5) is 20.3 Å². The lowest BCUT2D eigenvalue weighted by Crippen LogP contribution is -2.28. The Hall–Kier alpha value is -4.62. The molecule has 0 bridgehead atoms. The molecule has 5 aromatic rings. The number of pyridine rings is 2. The van der Waals surface area contributed by atoms with Gasteiger partial charge in [0.2, 0.25) is 5.88 Å². The van der Waals surface area contributed by atoms with Crippen molar-refractivity contribution in [3.63, 3.8) is 0 Å². The number of fused-ring (bicyclic) bond motifs is 1. The first-order valence-electron chi connectivity index (χ1n) is 12.9. The molecule has 2 N–H and O–H groups in total. The Morgan fingerprint density at radius 2 is 1.58 bits per heavy atom. The Bertz CT molecular complexity index is 2090. The molecule has 0 fully saturated rings. The first-order chi connectivity index (χ1) is 20.3. The van der Waals surface area contributed by atoms with Gasteiger partial charge in [-0.3, -0.25) is 4.31 Å². The molecule has 3 aromatic carbocycles. The predicted octanol–water partition coefficient (Wildman–Crippen LogP) is 5.45. The Kier molecular flexibility index (Phi) is 7.80. The van der Waals surface area contributed by atoms with E-state index in [0.29, 0.717) is 39.2 Å². The topological polar surface area (TPSA) is 133 Å². The highest BCUT2D eigenvalue weighted by atomic mass is 32.2. The van der Waals surface area contributed by atoms with Gasteiger partial charge < -0.3 is 10.5 Å². The third kappa shape index (κ3) is 5.60. The van der Waals surface area contributed by atoms with Crippen LogP contribution in [0, 0.1) is 11.6 Å². The average Bonchev–Trinajstić information content (AvgIpc) is 2.99. The van der Waals surface area contributed by atoms with Gasteiger partial charge in [-0.25, -0.2) is 35.6 Å². The summed E-state index contributed by atoms with van der Waals surface area (Å²) in [5, 5.41) is 0.707. The van der Waals surface area contributed by atoms with Gasteiger partial charge in [0.15, 0.2) is 9.84 Å². The van der Waals surface area contributed by atoms with E-state index in [1.165, 1.54) is 38.6 Å². The Morgan fingerprint density at radius 1 is 0.884 bits per heavy atom. The van der Waals surface area contributed by atoms with Gasteiger partial charge in [-0.15, -0.1) is 0 Å². The van der Waals surface area contributed by atoms with E-state index >= 15 is 0 Å². The third-order valence-corrected chi connectivity index (χ3v) is 10.5. The Morgan fingerprint density at radius 3 is 2.23 bits per heavy atom. The van der Waals surface area contributed by atoms with Crippen molar-refractivity contribution in [1.82, 2.24) is 9.97 Å². The van der Waals surface area contributed by atoms with Gasteiger partial charge in [-0.05, 0) is 59.7 Å². The molecular formula is C30H26F2N4O5S2. The fraction of sp³-hybridized carbons (Fsp3) is 0.133. The van der Waals surface area contributed by atoms with E-state index in [1.807, 2.05) is 12.1 Å². The van der Waals surface area contributed by atoms with Crippen molar-refractivity contribution in [3.8, 4) is 28.1 Å². The molecule has 0 aliphatic rings. The molecule has 43 heavy (non-hydrogen) atoms. The van der Waals surface area contributed by atoms with Crippen LogP contribution in [0.25, 0.3) is 33.2 Å². The maximum Gasteiger partial charge on any atom is 0.267 e. The molecule has 0 unspecified atom stereocenters. The second-order valence-electron chi connectivity index (χ2n) is 9.56. The molecule has 0 spiro atoms. The molecule has 13 heteroatoms. The quantitative estimate of drug-likeness (QED) is 0.241. The second kappa shape index (κ2) is 11.2. The van der Waals surface area contributed by atoms with Gasteiger partial charge in [0.25, 0.3) is 10.0 Å². The van der Waals surface area contributed by atoms with E-state index in [9.17, 15) is 25.6 Å². The van der Waals surface area contributed by atoms with E-state index in [1.54, 1.807) is 31.2 Å². The molecular weight excluding hydrogens is 598 g/mol. The first-order valence-corrected chi connectivity index (χ1v) is 16.0. The van der Waals surface area contributed by atoms with Crippen LogP contribution in [-0.4, -0.2) is 46.7 Å². The molecule has 0 aliphatic carbocycles. The standard InChI is InChI=1S/C30H26F2N4O5S2/c1-4-42(37,38)23-9-5-18(6-10-23)24-14-20-13-19(7-11-26(20)35-29(24)33)21-15-27(30(41-3)34-17-21)36(2)43(39,40)28-12-8-22(31)16-25(28)32/h5-17H,4H2,1-3H3,(H2,33,35). The Labute approximate surface area is 247 Å². The minimum absolute atomic E-state index is 0.0123. The van der Waals surface area contributed by atoms with E-state index in [0.717, 1.165) is 16.4 Å². The molecule has 0 saturated heterocycles. The van der Waals surface area contributed by atoms with Crippen molar-refractivity contribution >= 4 is 42.3 Å². The maximum absolute atomic E-state index is 14.4. The summed E-state index contributed by atoms with van der Waals surface area (Å²) >= 11 is 0. The molecule has 2 aromatic heterocycles. The van der Waals surface area contributed by atoms with Crippen LogP contribution >= 0.6 is 0 Å². The number of nitrogens with zero attached hydrogens (tertiary/aromatic N) is 3. The normalized spacial score (nSPS) is 11.9. The minimum atomic E-state index is -4.45. The molecule has 0 saturated carbocycles. The summed E-state index contributed by atoms with van der Waals surface area (Å²) in [4.78, 5) is 8.28. The number of hydrogen-bond acceptors (Lipinski definition) is 8. The first kappa shape index (κ1) is 29.9. The number of benzene rings is 3. The van der Waals surface area contributed by atoms with Crippen LogP contribution in [0.3, 0.4) is 0 Å². The lowest BCUT2D eigenvalue weighted by molar-refractivity contribution is 0.399. The number of methoxy groups -OCH3 is 1. The number of anilines is 2. The van der Waals surface area contributed by atoms with Crippen LogP contribution in [0.2, 0.25) is 0 Å². The van der Waals surface area contributed by atoms with Crippen molar-refractivity contribution in [3.05, 3.63) is 90.6 Å². The van der Waals surface area contributed by atoms with Crippen LogP contribution in [-0.2, 0) is 19.9 Å². The van der Waals surface area contributed by atoms with E-state index < -0.39 is 36.4 Å². The summed E-state index contributed by atoms with van der Waals surface area (Å²) in [5.74, 6) is -1.91. The van der Waals surface area contributed by atoms with Gasteiger partial charge in [0.1, 0.15) is 28.0 Å². The van der Waals surface area contributed by atoms with Crippen LogP contribution < -0.4 is 14.8 Å². The summed E-state index contributed by atoms with van der Waals surface area (Å²) in [6.07, 6.45) is 1.50. The number of nitrogen functional groups attached to an aromatic ring is 1. The van der Waals surface area contributed by atoms with Crippen LogP contribution in [0.5, 0.6) is 5.88 Å². The van der Waals surface area contributed by atoms with Crippen molar-refractivity contribution in [2.75, 3.05) is 29.9 Å². The van der Waals surface area contributed by atoms with Gasteiger partial charge in [0, 0.05) is 35.8 Å². The fourth-order valence-corrected chi connectivity index (χ4v) is 6.67. The zero-order chi connectivity index (χ0) is 31.1. The number of ether oxygens (including phenoxy) is 1. The summed E-state index contributed by atoms with van der Waals surface area (Å²) in [7, 11) is -5.27. The largest absolute Gasteiger partial charge is 0.479 e. The number of rotatable bonds is 8. The minimum Gasteiger partial charge on any atom is -0.479 e. The van der Waals surface area contributed by atoms with E-state index in [-0.39, 0.29) is 28.0 Å². The van der Waals surface area contributed by atoms with E-state index in [4.69, 9.17) is 10.5 Å². The summed E-state index contributed by atoms with van der Waals surface area (Å²) in [6, 6.07) is 17.3. The second-order valence-corrected chi connectivity index (χ2v) is 13.8. The van der Waals surface area contributed by atoms with Gasteiger partial charge in [0.05, 0.1) is 23.3 Å². The molecule has 0 amide bonds. The van der Waals surface area contributed by atoms with Crippen LogP contribution in [0.15, 0.2) is 88.8 Å². The average molecular weight is 625 g/mol. The number of sulfone groups is 1. The molecule has 9 nitrogen and oxygen atoms in total. The number of aromatic nitrogens is 2. The van der Waals surface area contributed by atoms with Crippen molar-refractivity contribution in [2.24, 2.45) is 0 Å². The number of sulfonamides is 1. The lowest BCUT2D eigenvalue weighted by Gasteiger charge is -2.22. The molecule has 0 radical (unpaired) electrons. The van der Waals surface area contributed by atoms with Crippen molar-refractivity contribution < 1.29 is 30.4 Å². The van der Waals surface area contributed by atoms with Gasteiger partial charge >= 0.3 is 0 Å². The molecule has 5 rings (SSSR count). The zero-order valence-electron chi connectivity index (χ0n) is 23.2. The highest BCUT2D eigenvalue weighted by Gasteiger charge is 2.28. The molecule has 0 aliphatic heterocycles. The van der Waals surface area contributed by atoms with E-state index in [2.05, 4.69) is 9.97 Å².